The minimum atomic E-state index is -2.94. The minimum Gasteiger partial charge on any atom is -0.325 e. The molecule has 1 aromatic carbocycles. The Balaban J connectivity index is 2.06. The molecule has 2 amide bonds. The minimum absolute atomic E-state index is 0.0676. The van der Waals surface area contributed by atoms with Gasteiger partial charge in [-0.15, -0.1) is 0 Å². The first-order valence-corrected chi connectivity index (χ1v) is 9.45. The standard InChI is InChI=1S/C16H21N3O3S/c1-3-13-10-12(11-17)4-5-15(13)18-16(20)19(2)14-6-8-23(21,22)9-7-14/h4-5,10,14H,3,6-9H2,1-2H3,(H,18,20). The maximum atomic E-state index is 12.4. The van der Waals surface area contributed by atoms with E-state index in [9.17, 15) is 13.2 Å². The number of nitriles is 1. The summed E-state index contributed by atoms with van der Waals surface area (Å²) in [5, 5.41) is 11.8. The van der Waals surface area contributed by atoms with E-state index < -0.39 is 9.84 Å². The molecule has 124 valence electrons. The van der Waals surface area contributed by atoms with E-state index in [1.807, 2.05) is 6.92 Å². The van der Waals surface area contributed by atoms with Crippen LogP contribution in [0.5, 0.6) is 0 Å². The fourth-order valence-electron chi connectivity index (χ4n) is 2.71. The summed E-state index contributed by atoms with van der Waals surface area (Å²) >= 11 is 0. The Hall–Kier alpha value is -2.07. The van der Waals surface area contributed by atoms with Gasteiger partial charge in [0.25, 0.3) is 0 Å². The Kier molecular flexibility index (Phi) is 5.26. The third-order valence-corrected chi connectivity index (χ3v) is 5.96. The van der Waals surface area contributed by atoms with Crippen molar-refractivity contribution in [1.29, 1.82) is 5.26 Å². The van der Waals surface area contributed by atoms with E-state index in [0.717, 1.165) is 5.56 Å². The maximum Gasteiger partial charge on any atom is 0.321 e. The van der Waals surface area contributed by atoms with Gasteiger partial charge in [-0.05, 0) is 43.0 Å². The quantitative estimate of drug-likeness (QED) is 0.916. The summed E-state index contributed by atoms with van der Waals surface area (Å²) in [4.78, 5) is 14.0. The summed E-state index contributed by atoms with van der Waals surface area (Å²) < 4.78 is 23.0. The lowest BCUT2D eigenvalue weighted by Crippen LogP contribution is -2.44. The lowest BCUT2D eigenvalue weighted by molar-refractivity contribution is 0.199. The summed E-state index contributed by atoms with van der Waals surface area (Å²) in [6.45, 7) is 1.96. The van der Waals surface area contributed by atoms with Crippen LogP contribution in [0.15, 0.2) is 18.2 Å². The van der Waals surface area contributed by atoms with Crippen molar-refractivity contribution >= 4 is 21.6 Å². The predicted octanol–water partition coefficient (Wildman–Crippen LogP) is 2.16. The Labute approximate surface area is 137 Å². The fourth-order valence-corrected chi connectivity index (χ4v) is 4.18. The Morgan fingerprint density at radius 3 is 2.61 bits per heavy atom. The topological polar surface area (TPSA) is 90.3 Å². The molecule has 0 aromatic heterocycles. The van der Waals surface area contributed by atoms with Gasteiger partial charge in [0.15, 0.2) is 0 Å². The molecule has 1 fully saturated rings. The third kappa shape index (κ3) is 4.23. The summed E-state index contributed by atoms with van der Waals surface area (Å²) in [5.74, 6) is 0.263. The zero-order valence-electron chi connectivity index (χ0n) is 13.4. The Bertz CT molecular complexity index is 723. The van der Waals surface area contributed by atoms with Crippen LogP contribution in [0.4, 0.5) is 10.5 Å². The van der Waals surface area contributed by atoms with E-state index in [0.29, 0.717) is 30.5 Å². The smallest absolute Gasteiger partial charge is 0.321 e. The molecule has 0 spiro atoms. The normalized spacial score (nSPS) is 17.3. The number of carbonyl (C=O) groups excluding carboxylic acids is 1. The highest BCUT2D eigenvalue weighted by atomic mass is 32.2. The zero-order chi connectivity index (χ0) is 17.0. The number of hydrogen-bond acceptors (Lipinski definition) is 4. The number of aryl methyl sites for hydroxylation is 1. The van der Waals surface area contributed by atoms with Gasteiger partial charge in [0.1, 0.15) is 9.84 Å². The van der Waals surface area contributed by atoms with E-state index in [-0.39, 0.29) is 23.6 Å². The van der Waals surface area contributed by atoms with Gasteiger partial charge in [-0.25, -0.2) is 13.2 Å². The first-order chi connectivity index (χ1) is 10.9. The molecule has 1 N–H and O–H groups in total. The van der Waals surface area contributed by atoms with E-state index >= 15 is 0 Å². The van der Waals surface area contributed by atoms with Gasteiger partial charge in [-0.1, -0.05) is 6.92 Å². The van der Waals surface area contributed by atoms with Gasteiger partial charge in [0.2, 0.25) is 0 Å². The van der Waals surface area contributed by atoms with Crippen molar-refractivity contribution in [3.63, 3.8) is 0 Å². The molecule has 23 heavy (non-hydrogen) atoms. The molecule has 0 aliphatic carbocycles. The van der Waals surface area contributed by atoms with Crippen molar-refractivity contribution < 1.29 is 13.2 Å². The fraction of sp³-hybridized carbons (Fsp3) is 0.500. The highest BCUT2D eigenvalue weighted by Crippen LogP contribution is 2.21. The molecular formula is C16H21N3O3S. The van der Waals surface area contributed by atoms with E-state index in [2.05, 4.69) is 11.4 Å². The van der Waals surface area contributed by atoms with Crippen molar-refractivity contribution in [3.05, 3.63) is 29.3 Å². The second kappa shape index (κ2) is 7.01. The number of benzene rings is 1. The van der Waals surface area contributed by atoms with E-state index in [4.69, 9.17) is 5.26 Å². The van der Waals surface area contributed by atoms with E-state index in [1.165, 1.54) is 0 Å². The molecule has 1 saturated heterocycles. The van der Waals surface area contributed by atoms with Gasteiger partial charge >= 0.3 is 6.03 Å². The van der Waals surface area contributed by atoms with Gasteiger partial charge in [-0.2, -0.15) is 5.26 Å². The molecule has 1 aliphatic rings. The first kappa shape index (κ1) is 17.3. The van der Waals surface area contributed by atoms with Crippen LogP contribution in [0, 0.1) is 11.3 Å². The van der Waals surface area contributed by atoms with Gasteiger partial charge in [0, 0.05) is 18.8 Å². The molecule has 0 atom stereocenters. The number of amides is 2. The summed E-state index contributed by atoms with van der Waals surface area (Å²) in [7, 11) is -1.25. The van der Waals surface area contributed by atoms with Gasteiger partial charge < -0.3 is 10.2 Å². The number of carbonyl (C=O) groups is 1. The largest absolute Gasteiger partial charge is 0.325 e. The van der Waals surface area contributed by atoms with Crippen molar-refractivity contribution in [2.75, 3.05) is 23.9 Å². The summed E-state index contributed by atoms with van der Waals surface area (Å²) in [6.07, 6.45) is 1.65. The van der Waals surface area contributed by atoms with Crippen LogP contribution in [0.25, 0.3) is 0 Å². The second-order valence-corrected chi connectivity index (χ2v) is 8.06. The Morgan fingerprint density at radius 2 is 2.04 bits per heavy atom. The molecule has 1 heterocycles. The SMILES string of the molecule is CCc1cc(C#N)ccc1NC(=O)N(C)C1CCS(=O)(=O)CC1. The lowest BCUT2D eigenvalue weighted by atomic mass is 10.1. The predicted molar refractivity (Wildman–Crippen MR) is 89.0 cm³/mol. The Morgan fingerprint density at radius 1 is 1.39 bits per heavy atom. The molecule has 1 aliphatic heterocycles. The molecule has 6 nitrogen and oxygen atoms in total. The van der Waals surface area contributed by atoms with Crippen molar-refractivity contribution in [1.82, 2.24) is 4.90 Å². The van der Waals surface area contributed by atoms with E-state index in [1.54, 1.807) is 30.1 Å². The van der Waals surface area contributed by atoms with Crippen LogP contribution >= 0.6 is 0 Å². The van der Waals surface area contributed by atoms with Crippen molar-refractivity contribution in [2.24, 2.45) is 0 Å². The highest BCUT2D eigenvalue weighted by molar-refractivity contribution is 7.91. The average molecular weight is 335 g/mol. The van der Waals surface area contributed by atoms with Crippen LogP contribution in [0.3, 0.4) is 0 Å². The number of rotatable bonds is 3. The average Bonchev–Trinajstić information content (AvgIpc) is 2.54. The zero-order valence-corrected chi connectivity index (χ0v) is 14.2. The first-order valence-electron chi connectivity index (χ1n) is 7.63. The molecule has 7 heteroatoms. The van der Waals surface area contributed by atoms with Crippen LogP contribution in [-0.2, 0) is 16.3 Å². The number of sulfone groups is 1. The number of urea groups is 1. The van der Waals surface area contributed by atoms with Gasteiger partial charge in [0.05, 0.1) is 23.1 Å². The van der Waals surface area contributed by atoms with Crippen LogP contribution in [-0.4, -0.2) is 43.9 Å². The molecule has 0 unspecified atom stereocenters. The third-order valence-electron chi connectivity index (χ3n) is 4.25. The van der Waals surface area contributed by atoms with Crippen molar-refractivity contribution in [3.8, 4) is 6.07 Å². The van der Waals surface area contributed by atoms with Crippen molar-refractivity contribution in [2.45, 2.75) is 32.2 Å². The number of nitrogens with zero attached hydrogens (tertiary/aromatic N) is 2. The summed E-state index contributed by atoms with van der Waals surface area (Å²) in [6, 6.07) is 6.93. The maximum absolute atomic E-state index is 12.4. The van der Waals surface area contributed by atoms with Crippen LogP contribution in [0.1, 0.15) is 30.9 Å². The van der Waals surface area contributed by atoms with Crippen LogP contribution in [0.2, 0.25) is 0 Å². The summed E-state index contributed by atoms with van der Waals surface area (Å²) in [5.41, 5.74) is 2.15. The highest BCUT2D eigenvalue weighted by Gasteiger charge is 2.28. The molecule has 0 radical (unpaired) electrons. The number of anilines is 1. The molecular weight excluding hydrogens is 314 g/mol. The lowest BCUT2D eigenvalue weighted by Gasteiger charge is -2.31. The van der Waals surface area contributed by atoms with Gasteiger partial charge in [-0.3, -0.25) is 0 Å². The second-order valence-electron chi connectivity index (χ2n) is 5.76. The molecule has 1 aromatic rings. The number of nitrogens with one attached hydrogen (secondary N) is 1. The van der Waals surface area contributed by atoms with Crippen LogP contribution < -0.4 is 5.32 Å². The molecule has 0 saturated carbocycles. The number of hydrogen-bond donors (Lipinski definition) is 1. The monoisotopic (exact) mass is 335 g/mol. The molecule has 2 rings (SSSR count). The molecule has 0 bridgehead atoms.